The molecule has 0 unspecified atom stereocenters. The fourth-order valence-electron chi connectivity index (χ4n) is 3.10. The Morgan fingerprint density at radius 3 is 2.75 bits per heavy atom. The molecule has 32 heavy (non-hydrogen) atoms. The van der Waals surface area contributed by atoms with Crippen molar-refractivity contribution in [2.75, 3.05) is 5.32 Å². The number of amides is 1. The van der Waals surface area contributed by atoms with Gasteiger partial charge in [0.15, 0.2) is 5.69 Å². The number of carbonyl (C=O) groups excluding carboxylic acids is 1. The number of nitrogens with one attached hydrogen (secondary N) is 2. The van der Waals surface area contributed by atoms with Gasteiger partial charge in [-0.3, -0.25) is 19.7 Å². The Bertz CT molecular complexity index is 1370. The second-order valence-corrected chi connectivity index (χ2v) is 6.90. The lowest BCUT2D eigenvalue weighted by atomic mass is 10.1. The fourth-order valence-corrected chi connectivity index (χ4v) is 3.10. The van der Waals surface area contributed by atoms with Crippen LogP contribution in [0.15, 0.2) is 71.7 Å². The van der Waals surface area contributed by atoms with Gasteiger partial charge in [-0.2, -0.15) is 5.10 Å². The maximum absolute atomic E-state index is 12.7. The molecule has 1 amide bonds. The number of nitrogens with zero attached hydrogens (tertiary/aromatic N) is 4. The highest BCUT2D eigenvalue weighted by molar-refractivity contribution is 6.03. The Balaban J connectivity index is 1.55. The quantitative estimate of drug-likeness (QED) is 0.356. The number of rotatable bonds is 6. The van der Waals surface area contributed by atoms with E-state index in [1.807, 2.05) is 6.92 Å². The number of H-pyrrole nitrogens is 1. The monoisotopic (exact) mass is 430 g/mol. The van der Waals surface area contributed by atoms with Gasteiger partial charge in [-0.1, -0.05) is 25.1 Å². The van der Waals surface area contributed by atoms with Crippen LogP contribution in [0.25, 0.3) is 17.1 Å². The van der Waals surface area contributed by atoms with Gasteiger partial charge in [0.2, 0.25) is 0 Å². The van der Waals surface area contributed by atoms with Gasteiger partial charge in [0.1, 0.15) is 5.82 Å². The molecule has 0 aliphatic heterocycles. The molecule has 0 radical (unpaired) electrons. The highest BCUT2D eigenvalue weighted by atomic mass is 16.6. The van der Waals surface area contributed by atoms with E-state index in [4.69, 9.17) is 0 Å². The lowest BCUT2D eigenvalue weighted by Gasteiger charge is -2.07. The minimum Gasteiger partial charge on any atom is -0.321 e. The van der Waals surface area contributed by atoms with Crippen LogP contribution in [-0.2, 0) is 6.42 Å². The first kappa shape index (κ1) is 20.7. The molecule has 2 N–H and O–H groups in total. The van der Waals surface area contributed by atoms with Gasteiger partial charge in [-0.05, 0) is 30.7 Å². The standard InChI is InChI=1S/C22H18N6O4/c1-2-15-12-20(29)25-21(23-15)14-5-3-6-16(11-14)24-22(30)19-9-10-27(26-19)17-7-4-8-18(13-17)28(31)32/h3-13H,2H2,1H3,(H,24,30)(H,23,25,29). The summed E-state index contributed by atoms with van der Waals surface area (Å²) in [5, 5.41) is 18.0. The lowest BCUT2D eigenvalue weighted by molar-refractivity contribution is -0.384. The fraction of sp³-hybridized carbons (Fsp3) is 0.0909. The number of carbonyl (C=O) groups is 1. The highest BCUT2D eigenvalue weighted by Crippen LogP contribution is 2.20. The number of nitro groups is 1. The maximum atomic E-state index is 12.7. The molecule has 0 aliphatic rings. The third kappa shape index (κ3) is 4.43. The van der Waals surface area contributed by atoms with E-state index in [-0.39, 0.29) is 16.9 Å². The summed E-state index contributed by atoms with van der Waals surface area (Å²) in [5.74, 6) is -0.0320. The summed E-state index contributed by atoms with van der Waals surface area (Å²) < 4.78 is 1.39. The number of benzene rings is 2. The number of anilines is 1. The van der Waals surface area contributed by atoms with Crippen molar-refractivity contribution in [3.8, 4) is 17.1 Å². The van der Waals surface area contributed by atoms with E-state index >= 15 is 0 Å². The van der Waals surface area contributed by atoms with Crippen molar-refractivity contribution >= 4 is 17.3 Å². The Hall–Kier alpha value is -4.60. The lowest BCUT2D eigenvalue weighted by Crippen LogP contribution is -2.13. The van der Waals surface area contributed by atoms with E-state index in [9.17, 15) is 19.7 Å². The molecule has 10 nitrogen and oxygen atoms in total. The van der Waals surface area contributed by atoms with Crippen LogP contribution in [-0.4, -0.2) is 30.6 Å². The van der Waals surface area contributed by atoms with Crippen molar-refractivity contribution < 1.29 is 9.72 Å². The third-order valence-corrected chi connectivity index (χ3v) is 4.68. The van der Waals surface area contributed by atoms with Gasteiger partial charge in [-0.25, -0.2) is 9.67 Å². The Labute approximate surface area is 181 Å². The number of hydrogen-bond acceptors (Lipinski definition) is 6. The number of hydrogen-bond donors (Lipinski definition) is 2. The molecular weight excluding hydrogens is 412 g/mol. The van der Waals surface area contributed by atoms with E-state index in [1.165, 1.54) is 28.9 Å². The molecule has 2 heterocycles. The van der Waals surface area contributed by atoms with Crippen LogP contribution in [0.4, 0.5) is 11.4 Å². The minimum absolute atomic E-state index is 0.0698. The number of aromatic amines is 1. The molecule has 4 aromatic rings. The molecule has 4 rings (SSSR count). The Morgan fingerprint density at radius 2 is 1.97 bits per heavy atom. The van der Waals surface area contributed by atoms with E-state index in [0.29, 0.717) is 34.9 Å². The summed E-state index contributed by atoms with van der Waals surface area (Å²) in [6.45, 7) is 1.91. The largest absolute Gasteiger partial charge is 0.321 e. The molecule has 0 aliphatic carbocycles. The van der Waals surface area contributed by atoms with Crippen LogP contribution in [0, 0.1) is 10.1 Å². The smallest absolute Gasteiger partial charge is 0.276 e. The zero-order valence-corrected chi connectivity index (χ0v) is 17.0. The SMILES string of the molecule is CCc1cc(=O)[nH]c(-c2cccc(NC(=O)c3ccn(-c4cccc([N+](=O)[O-])c4)n3)c2)n1. The maximum Gasteiger partial charge on any atom is 0.276 e. The predicted octanol–water partition coefficient (Wildman–Crippen LogP) is 3.35. The van der Waals surface area contributed by atoms with Crippen molar-refractivity contribution in [2.45, 2.75) is 13.3 Å². The summed E-state index contributed by atoms with van der Waals surface area (Å²) in [7, 11) is 0. The average Bonchev–Trinajstić information content (AvgIpc) is 3.29. The molecule has 0 spiro atoms. The second kappa shape index (κ2) is 8.64. The third-order valence-electron chi connectivity index (χ3n) is 4.68. The van der Waals surface area contributed by atoms with Crippen molar-refractivity contribution in [3.63, 3.8) is 0 Å². The van der Waals surface area contributed by atoms with Gasteiger partial charge in [-0.15, -0.1) is 0 Å². The molecule has 0 saturated heterocycles. The molecule has 0 atom stereocenters. The van der Waals surface area contributed by atoms with Gasteiger partial charge in [0, 0.05) is 41.3 Å². The van der Waals surface area contributed by atoms with Crippen molar-refractivity contribution in [2.24, 2.45) is 0 Å². The van der Waals surface area contributed by atoms with Gasteiger partial charge in [0.25, 0.3) is 17.2 Å². The summed E-state index contributed by atoms with van der Waals surface area (Å²) in [6.07, 6.45) is 2.18. The first-order valence-corrected chi connectivity index (χ1v) is 9.75. The van der Waals surface area contributed by atoms with Crippen LogP contribution in [0.3, 0.4) is 0 Å². The zero-order valence-electron chi connectivity index (χ0n) is 17.0. The molecule has 2 aromatic carbocycles. The molecule has 0 saturated carbocycles. The van der Waals surface area contributed by atoms with Crippen LogP contribution in [0.1, 0.15) is 23.1 Å². The normalized spacial score (nSPS) is 10.7. The van der Waals surface area contributed by atoms with E-state index in [1.54, 1.807) is 42.6 Å². The number of aryl methyl sites for hydroxylation is 1. The van der Waals surface area contributed by atoms with Gasteiger partial charge < -0.3 is 10.3 Å². The molecule has 2 aromatic heterocycles. The van der Waals surface area contributed by atoms with Crippen LogP contribution in [0.2, 0.25) is 0 Å². The van der Waals surface area contributed by atoms with E-state index in [0.717, 1.165) is 0 Å². The zero-order chi connectivity index (χ0) is 22.7. The molecule has 160 valence electrons. The van der Waals surface area contributed by atoms with E-state index in [2.05, 4.69) is 20.4 Å². The van der Waals surface area contributed by atoms with Crippen LogP contribution >= 0.6 is 0 Å². The second-order valence-electron chi connectivity index (χ2n) is 6.90. The Kier molecular flexibility index (Phi) is 5.58. The topological polar surface area (TPSA) is 136 Å². The highest BCUT2D eigenvalue weighted by Gasteiger charge is 2.13. The van der Waals surface area contributed by atoms with Crippen molar-refractivity contribution in [1.82, 2.24) is 19.7 Å². The minimum atomic E-state index is -0.494. The first-order chi connectivity index (χ1) is 15.4. The molecule has 0 bridgehead atoms. The van der Waals surface area contributed by atoms with Gasteiger partial charge in [0.05, 0.1) is 10.6 Å². The summed E-state index contributed by atoms with van der Waals surface area (Å²) >= 11 is 0. The first-order valence-electron chi connectivity index (χ1n) is 9.75. The number of nitro benzene ring substituents is 1. The van der Waals surface area contributed by atoms with Crippen LogP contribution < -0.4 is 10.9 Å². The average molecular weight is 430 g/mol. The number of aromatic nitrogens is 4. The molecule has 0 fully saturated rings. The van der Waals surface area contributed by atoms with Gasteiger partial charge >= 0.3 is 0 Å². The predicted molar refractivity (Wildman–Crippen MR) is 118 cm³/mol. The summed E-state index contributed by atoms with van der Waals surface area (Å²) in [5.41, 5.74) is 2.12. The van der Waals surface area contributed by atoms with Crippen molar-refractivity contribution in [1.29, 1.82) is 0 Å². The summed E-state index contributed by atoms with van der Waals surface area (Å²) in [4.78, 5) is 42.1. The number of non-ortho nitro benzene ring substituents is 1. The Morgan fingerprint density at radius 1 is 1.16 bits per heavy atom. The summed E-state index contributed by atoms with van der Waals surface area (Å²) in [6, 6.07) is 15.9. The van der Waals surface area contributed by atoms with Crippen LogP contribution in [0.5, 0.6) is 0 Å². The van der Waals surface area contributed by atoms with Crippen molar-refractivity contribution in [3.05, 3.63) is 98.7 Å². The molecular formula is C22H18N6O4. The van der Waals surface area contributed by atoms with E-state index < -0.39 is 10.8 Å². The molecule has 10 heteroatoms.